The lowest BCUT2D eigenvalue weighted by Crippen LogP contribution is -2.33. The molecule has 114 valence electrons. The highest BCUT2D eigenvalue weighted by Crippen LogP contribution is 2.22. The van der Waals surface area contributed by atoms with Gasteiger partial charge < -0.3 is 4.74 Å². The molecule has 0 bridgehead atoms. The fourth-order valence-corrected chi connectivity index (χ4v) is 3.26. The molecule has 0 aromatic carbocycles. The van der Waals surface area contributed by atoms with Crippen LogP contribution in [0.2, 0.25) is 0 Å². The van der Waals surface area contributed by atoms with E-state index in [9.17, 15) is 9.59 Å². The van der Waals surface area contributed by atoms with Gasteiger partial charge in [0.25, 0.3) is 5.56 Å². The van der Waals surface area contributed by atoms with Crippen molar-refractivity contribution in [2.24, 2.45) is 0 Å². The van der Waals surface area contributed by atoms with Gasteiger partial charge in [-0.3, -0.25) is 9.36 Å². The molecule has 2 rings (SSSR count). The molecule has 2 aromatic rings. The minimum atomic E-state index is -0.628. The average molecular weight is 308 g/mol. The lowest BCUT2D eigenvalue weighted by molar-refractivity contribution is -0.151. The van der Waals surface area contributed by atoms with Gasteiger partial charge in [0.1, 0.15) is 16.7 Å². The van der Waals surface area contributed by atoms with E-state index in [1.54, 1.807) is 20.8 Å². The number of carbonyl (C=O) groups excluding carboxylic acids is 1. The number of carbonyl (C=O) groups is 1. The zero-order valence-electron chi connectivity index (χ0n) is 13.0. The van der Waals surface area contributed by atoms with Crippen LogP contribution in [0.3, 0.4) is 0 Å². The van der Waals surface area contributed by atoms with Crippen LogP contribution in [0.1, 0.15) is 43.9 Å². The highest BCUT2D eigenvalue weighted by atomic mass is 32.1. The maximum atomic E-state index is 12.7. The first-order valence-corrected chi connectivity index (χ1v) is 7.86. The molecule has 21 heavy (non-hydrogen) atoms. The number of nitrogens with zero attached hydrogens (tertiary/aromatic N) is 2. The van der Waals surface area contributed by atoms with Crippen molar-refractivity contribution in [2.45, 2.75) is 53.2 Å². The predicted molar refractivity (Wildman–Crippen MR) is 83.9 cm³/mol. The van der Waals surface area contributed by atoms with Gasteiger partial charge in [-0.1, -0.05) is 6.92 Å². The van der Waals surface area contributed by atoms with Crippen LogP contribution in [-0.2, 0) is 9.53 Å². The summed E-state index contributed by atoms with van der Waals surface area (Å²) in [6, 6.07) is 1.20. The summed E-state index contributed by atoms with van der Waals surface area (Å²) in [7, 11) is 0. The van der Waals surface area contributed by atoms with E-state index in [4.69, 9.17) is 4.74 Å². The standard InChI is InChI=1S/C15H20N2O3S/c1-6-12(15(19)20-8(2)3)17-10(5)16-13-11(14(17)18)7-9(4)21-13/h7-8,12H,6H2,1-5H3. The Morgan fingerprint density at radius 1 is 1.43 bits per heavy atom. The number of ether oxygens (including phenoxy) is 1. The molecule has 1 atom stereocenters. The molecule has 0 aliphatic rings. The van der Waals surface area contributed by atoms with Crippen LogP contribution in [0, 0.1) is 13.8 Å². The molecule has 0 fully saturated rings. The zero-order valence-corrected chi connectivity index (χ0v) is 13.8. The lowest BCUT2D eigenvalue weighted by Gasteiger charge is -2.20. The van der Waals surface area contributed by atoms with E-state index in [-0.39, 0.29) is 17.6 Å². The Bertz CT molecular complexity index is 730. The van der Waals surface area contributed by atoms with Gasteiger partial charge >= 0.3 is 5.97 Å². The van der Waals surface area contributed by atoms with Gasteiger partial charge in [-0.05, 0) is 40.2 Å². The van der Waals surface area contributed by atoms with Gasteiger partial charge in [-0.25, -0.2) is 9.78 Å². The molecule has 2 heterocycles. The van der Waals surface area contributed by atoms with Gasteiger partial charge in [-0.15, -0.1) is 11.3 Å². The first-order chi connectivity index (χ1) is 9.85. The zero-order chi connectivity index (χ0) is 15.7. The quantitative estimate of drug-likeness (QED) is 0.815. The van der Waals surface area contributed by atoms with E-state index in [1.165, 1.54) is 15.9 Å². The molecule has 0 amide bonds. The number of thiophene rings is 1. The number of rotatable bonds is 4. The van der Waals surface area contributed by atoms with Crippen LogP contribution in [0.25, 0.3) is 10.2 Å². The summed E-state index contributed by atoms with van der Waals surface area (Å²) >= 11 is 1.49. The first kappa shape index (κ1) is 15.7. The Morgan fingerprint density at radius 3 is 2.67 bits per heavy atom. The third-order valence-corrected chi connectivity index (χ3v) is 4.16. The highest BCUT2D eigenvalue weighted by molar-refractivity contribution is 7.18. The van der Waals surface area contributed by atoms with Crippen LogP contribution in [0.5, 0.6) is 0 Å². The fourth-order valence-electron chi connectivity index (χ4n) is 2.35. The number of aromatic nitrogens is 2. The topological polar surface area (TPSA) is 61.2 Å². The third kappa shape index (κ3) is 3.00. The Labute approximate surface area is 127 Å². The molecule has 2 aromatic heterocycles. The summed E-state index contributed by atoms with van der Waals surface area (Å²) < 4.78 is 6.72. The minimum Gasteiger partial charge on any atom is -0.461 e. The third-order valence-electron chi connectivity index (χ3n) is 3.22. The second-order valence-corrected chi connectivity index (χ2v) is 6.55. The minimum absolute atomic E-state index is 0.172. The summed E-state index contributed by atoms with van der Waals surface area (Å²) in [5.41, 5.74) is -0.172. The number of hydrogen-bond donors (Lipinski definition) is 0. The van der Waals surface area contributed by atoms with Crippen molar-refractivity contribution in [3.63, 3.8) is 0 Å². The van der Waals surface area contributed by atoms with Gasteiger partial charge in [0, 0.05) is 4.88 Å². The van der Waals surface area contributed by atoms with Gasteiger partial charge in [0.05, 0.1) is 11.5 Å². The van der Waals surface area contributed by atoms with Crippen molar-refractivity contribution in [1.29, 1.82) is 0 Å². The maximum Gasteiger partial charge on any atom is 0.329 e. The fraction of sp³-hybridized carbons (Fsp3) is 0.533. The van der Waals surface area contributed by atoms with Crippen molar-refractivity contribution in [1.82, 2.24) is 9.55 Å². The van der Waals surface area contributed by atoms with E-state index >= 15 is 0 Å². The molecular formula is C15H20N2O3S. The molecule has 0 aliphatic carbocycles. The van der Waals surface area contributed by atoms with E-state index in [0.29, 0.717) is 17.6 Å². The molecule has 0 saturated carbocycles. The van der Waals surface area contributed by atoms with Crippen molar-refractivity contribution < 1.29 is 9.53 Å². The Kier molecular flexibility index (Phi) is 4.46. The molecule has 5 nitrogen and oxygen atoms in total. The average Bonchev–Trinajstić information content (AvgIpc) is 2.74. The Hall–Kier alpha value is -1.69. The van der Waals surface area contributed by atoms with Crippen molar-refractivity contribution in [3.8, 4) is 0 Å². The Balaban J connectivity index is 2.58. The van der Waals surface area contributed by atoms with Crippen LogP contribution in [0.4, 0.5) is 0 Å². The summed E-state index contributed by atoms with van der Waals surface area (Å²) in [4.78, 5) is 31.1. The first-order valence-electron chi connectivity index (χ1n) is 7.05. The van der Waals surface area contributed by atoms with Gasteiger partial charge in [0.15, 0.2) is 0 Å². The van der Waals surface area contributed by atoms with Crippen LogP contribution in [0.15, 0.2) is 10.9 Å². The second-order valence-electron chi connectivity index (χ2n) is 5.32. The molecule has 0 aliphatic heterocycles. The van der Waals surface area contributed by atoms with Crippen molar-refractivity contribution in [2.75, 3.05) is 0 Å². The SMILES string of the molecule is CCC(C(=O)OC(C)C)n1c(C)nc2sc(C)cc2c1=O. The molecular weight excluding hydrogens is 288 g/mol. The molecule has 0 N–H and O–H groups in total. The summed E-state index contributed by atoms with van der Waals surface area (Å²) in [6.07, 6.45) is 0.283. The van der Waals surface area contributed by atoms with Crippen LogP contribution < -0.4 is 5.56 Å². The van der Waals surface area contributed by atoms with Crippen LogP contribution >= 0.6 is 11.3 Å². The van der Waals surface area contributed by atoms with Gasteiger partial charge in [0.2, 0.25) is 0 Å². The van der Waals surface area contributed by atoms with Crippen molar-refractivity contribution in [3.05, 3.63) is 27.1 Å². The van der Waals surface area contributed by atoms with E-state index in [2.05, 4.69) is 4.98 Å². The molecule has 1 unspecified atom stereocenters. The largest absolute Gasteiger partial charge is 0.461 e. The second kappa shape index (κ2) is 5.97. The summed E-state index contributed by atoms with van der Waals surface area (Å²) in [5.74, 6) is 0.160. The van der Waals surface area contributed by atoms with E-state index in [1.807, 2.05) is 19.9 Å². The number of aryl methyl sites for hydroxylation is 2. The predicted octanol–water partition coefficient (Wildman–Crippen LogP) is 2.98. The monoisotopic (exact) mass is 308 g/mol. The normalized spacial score (nSPS) is 12.9. The molecule has 0 spiro atoms. The lowest BCUT2D eigenvalue weighted by atomic mass is 10.2. The Morgan fingerprint density at radius 2 is 2.10 bits per heavy atom. The van der Waals surface area contributed by atoms with Gasteiger partial charge in [-0.2, -0.15) is 0 Å². The number of hydrogen-bond acceptors (Lipinski definition) is 5. The van der Waals surface area contributed by atoms with Crippen LogP contribution in [-0.4, -0.2) is 21.6 Å². The molecule has 0 saturated heterocycles. The smallest absolute Gasteiger partial charge is 0.329 e. The van der Waals surface area contributed by atoms with E-state index in [0.717, 1.165) is 9.71 Å². The molecule has 6 heteroatoms. The summed E-state index contributed by atoms with van der Waals surface area (Å²) in [5, 5.41) is 0.568. The van der Waals surface area contributed by atoms with Crippen molar-refractivity contribution >= 4 is 27.5 Å². The number of fused-ring (bicyclic) bond motifs is 1. The number of esters is 1. The highest BCUT2D eigenvalue weighted by Gasteiger charge is 2.25. The molecule has 0 radical (unpaired) electrons. The summed E-state index contributed by atoms with van der Waals surface area (Å²) in [6.45, 7) is 9.14. The maximum absolute atomic E-state index is 12.7. The van der Waals surface area contributed by atoms with E-state index < -0.39 is 6.04 Å².